The van der Waals surface area contributed by atoms with Gasteiger partial charge in [0.2, 0.25) is 0 Å². The maximum Gasteiger partial charge on any atom is 0.115 e. The first-order valence-corrected chi connectivity index (χ1v) is 4.59. The third-order valence-electron chi connectivity index (χ3n) is 1.76. The van der Waals surface area contributed by atoms with Crippen LogP contribution in [0.4, 0.5) is 0 Å². The summed E-state index contributed by atoms with van der Waals surface area (Å²) in [4.78, 5) is 0. The van der Waals surface area contributed by atoms with E-state index in [1.54, 1.807) is 12.1 Å². The molecule has 0 amide bonds. The molecule has 1 rings (SSSR count). The maximum atomic E-state index is 9.17. The Balaban J connectivity index is 2.63. The standard InChI is InChI=1S/C10H13ClO/c1-8(7-11)5-9-3-2-4-10(12)6-9/h2-4,6,8,12H,5,7H2,1H3. The van der Waals surface area contributed by atoms with Gasteiger partial charge in [0.05, 0.1) is 0 Å². The van der Waals surface area contributed by atoms with E-state index in [1.165, 1.54) is 0 Å². The molecule has 1 atom stereocenters. The zero-order chi connectivity index (χ0) is 8.97. The number of benzene rings is 1. The molecule has 1 aromatic rings. The normalized spacial score (nSPS) is 12.8. The average molecular weight is 185 g/mol. The van der Waals surface area contributed by atoms with Gasteiger partial charge in [0.15, 0.2) is 0 Å². The quantitative estimate of drug-likeness (QED) is 0.717. The van der Waals surface area contributed by atoms with Crippen molar-refractivity contribution in [1.82, 2.24) is 0 Å². The highest BCUT2D eigenvalue weighted by Crippen LogP contribution is 2.15. The van der Waals surface area contributed by atoms with Gasteiger partial charge in [-0.3, -0.25) is 0 Å². The summed E-state index contributed by atoms with van der Waals surface area (Å²) in [5.74, 6) is 1.46. The minimum atomic E-state index is 0.328. The minimum Gasteiger partial charge on any atom is -0.508 e. The molecular weight excluding hydrogens is 172 g/mol. The van der Waals surface area contributed by atoms with Crippen molar-refractivity contribution in [3.05, 3.63) is 29.8 Å². The largest absolute Gasteiger partial charge is 0.508 e. The van der Waals surface area contributed by atoms with E-state index in [9.17, 15) is 0 Å². The first-order chi connectivity index (χ1) is 5.72. The Bertz CT molecular complexity index is 247. The summed E-state index contributed by atoms with van der Waals surface area (Å²) in [5, 5.41) is 9.17. The third-order valence-corrected chi connectivity index (χ3v) is 2.28. The van der Waals surface area contributed by atoms with E-state index in [0.717, 1.165) is 12.0 Å². The molecule has 1 unspecified atom stereocenters. The number of phenolic OH excluding ortho intramolecular Hbond substituents is 1. The molecular formula is C10H13ClO. The summed E-state index contributed by atoms with van der Waals surface area (Å²) in [6, 6.07) is 7.31. The van der Waals surface area contributed by atoms with Crippen LogP contribution in [0.5, 0.6) is 5.75 Å². The van der Waals surface area contributed by atoms with Crippen LogP contribution in [-0.4, -0.2) is 11.0 Å². The van der Waals surface area contributed by atoms with Crippen molar-refractivity contribution in [3.8, 4) is 5.75 Å². The van der Waals surface area contributed by atoms with Crippen LogP contribution in [0.2, 0.25) is 0 Å². The molecule has 0 radical (unpaired) electrons. The first-order valence-electron chi connectivity index (χ1n) is 4.06. The first kappa shape index (κ1) is 9.40. The van der Waals surface area contributed by atoms with Gasteiger partial charge >= 0.3 is 0 Å². The van der Waals surface area contributed by atoms with Crippen LogP contribution in [-0.2, 0) is 6.42 Å². The van der Waals surface area contributed by atoms with E-state index in [1.807, 2.05) is 12.1 Å². The summed E-state index contributed by atoms with van der Waals surface area (Å²) in [6.07, 6.45) is 0.928. The fourth-order valence-corrected chi connectivity index (χ4v) is 1.25. The number of phenols is 1. The number of hydrogen-bond acceptors (Lipinski definition) is 1. The van der Waals surface area contributed by atoms with E-state index in [2.05, 4.69) is 6.92 Å². The zero-order valence-electron chi connectivity index (χ0n) is 7.13. The van der Waals surface area contributed by atoms with Crippen molar-refractivity contribution in [3.63, 3.8) is 0 Å². The van der Waals surface area contributed by atoms with Gasteiger partial charge in [-0.15, -0.1) is 11.6 Å². The number of rotatable bonds is 3. The van der Waals surface area contributed by atoms with Crippen LogP contribution in [0, 0.1) is 5.92 Å². The van der Waals surface area contributed by atoms with Crippen LogP contribution in [0.15, 0.2) is 24.3 Å². The van der Waals surface area contributed by atoms with Crippen molar-refractivity contribution in [1.29, 1.82) is 0 Å². The highest BCUT2D eigenvalue weighted by atomic mass is 35.5. The zero-order valence-corrected chi connectivity index (χ0v) is 7.88. The fraction of sp³-hybridized carbons (Fsp3) is 0.400. The molecule has 1 nitrogen and oxygen atoms in total. The lowest BCUT2D eigenvalue weighted by atomic mass is 10.0. The Labute approximate surface area is 78.0 Å². The summed E-state index contributed by atoms with van der Waals surface area (Å²) < 4.78 is 0. The molecule has 2 heteroatoms. The Kier molecular flexibility index (Phi) is 3.42. The molecule has 0 aliphatic rings. The average Bonchev–Trinajstić information content (AvgIpc) is 2.04. The predicted molar refractivity (Wildman–Crippen MR) is 51.7 cm³/mol. The van der Waals surface area contributed by atoms with Gasteiger partial charge in [-0.05, 0) is 30.0 Å². The Morgan fingerprint density at radius 2 is 2.25 bits per heavy atom. The second kappa shape index (κ2) is 4.36. The van der Waals surface area contributed by atoms with Gasteiger partial charge < -0.3 is 5.11 Å². The number of hydrogen-bond donors (Lipinski definition) is 1. The lowest BCUT2D eigenvalue weighted by Gasteiger charge is -2.06. The fourth-order valence-electron chi connectivity index (χ4n) is 1.14. The second-order valence-electron chi connectivity index (χ2n) is 3.13. The SMILES string of the molecule is CC(CCl)Cc1cccc(O)c1. The molecule has 0 bridgehead atoms. The van der Waals surface area contributed by atoms with Crippen LogP contribution >= 0.6 is 11.6 Å². The molecule has 0 spiro atoms. The van der Waals surface area contributed by atoms with Gasteiger partial charge in [0, 0.05) is 5.88 Å². The van der Waals surface area contributed by atoms with Gasteiger partial charge in [-0.1, -0.05) is 19.1 Å². The summed E-state index contributed by atoms with van der Waals surface area (Å²) in [6.45, 7) is 2.09. The molecule has 1 N–H and O–H groups in total. The van der Waals surface area contributed by atoms with Crippen molar-refractivity contribution in [2.45, 2.75) is 13.3 Å². The van der Waals surface area contributed by atoms with Crippen molar-refractivity contribution >= 4 is 11.6 Å². The second-order valence-corrected chi connectivity index (χ2v) is 3.44. The smallest absolute Gasteiger partial charge is 0.115 e. The van der Waals surface area contributed by atoms with Crippen molar-refractivity contribution < 1.29 is 5.11 Å². The summed E-state index contributed by atoms with van der Waals surface area (Å²) >= 11 is 5.68. The van der Waals surface area contributed by atoms with E-state index < -0.39 is 0 Å². The lowest BCUT2D eigenvalue weighted by Crippen LogP contribution is -2.00. The van der Waals surface area contributed by atoms with E-state index in [4.69, 9.17) is 16.7 Å². The van der Waals surface area contributed by atoms with Crippen LogP contribution < -0.4 is 0 Å². The van der Waals surface area contributed by atoms with Gasteiger partial charge in [0.25, 0.3) is 0 Å². The van der Waals surface area contributed by atoms with Gasteiger partial charge in [-0.2, -0.15) is 0 Å². The van der Waals surface area contributed by atoms with Crippen molar-refractivity contribution in [2.24, 2.45) is 5.92 Å². The summed E-state index contributed by atoms with van der Waals surface area (Å²) in [5.41, 5.74) is 1.14. The topological polar surface area (TPSA) is 20.2 Å². The lowest BCUT2D eigenvalue weighted by molar-refractivity contribution is 0.474. The molecule has 66 valence electrons. The van der Waals surface area contributed by atoms with Crippen LogP contribution in [0.25, 0.3) is 0 Å². The molecule has 0 saturated carbocycles. The maximum absolute atomic E-state index is 9.17. The number of alkyl halides is 1. The van der Waals surface area contributed by atoms with E-state index >= 15 is 0 Å². The number of aromatic hydroxyl groups is 1. The van der Waals surface area contributed by atoms with Gasteiger partial charge in [-0.25, -0.2) is 0 Å². The molecule has 12 heavy (non-hydrogen) atoms. The Morgan fingerprint density at radius 3 is 2.83 bits per heavy atom. The van der Waals surface area contributed by atoms with Crippen LogP contribution in [0.3, 0.4) is 0 Å². The molecule has 0 heterocycles. The summed E-state index contributed by atoms with van der Waals surface area (Å²) in [7, 11) is 0. The minimum absolute atomic E-state index is 0.328. The van der Waals surface area contributed by atoms with E-state index in [-0.39, 0.29) is 0 Å². The molecule has 0 aliphatic carbocycles. The van der Waals surface area contributed by atoms with Crippen molar-refractivity contribution in [2.75, 3.05) is 5.88 Å². The van der Waals surface area contributed by atoms with Crippen LogP contribution in [0.1, 0.15) is 12.5 Å². The third kappa shape index (κ3) is 2.74. The number of halogens is 1. The molecule has 1 aromatic carbocycles. The van der Waals surface area contributed by atoms with Gasteiger partial charge in [0.1, 0.15) is 5.75 Å². The predicted octanol–water partition coefficient (Wildman–Crippen LogP) is 2.81. The monoisotopic (exact) mass is 184 g/mol. The Morgan fingerprint density at radius 1 is 1.50 bits per heavy atom. The molecule has 0 aliphatic heterocycles. The molecule has 0 aromatic heterocycles. The highest BCUT2D eigenvalue weighted by molar-refractivity contribution is 6.18. The Hall–Kier alpha value is -0.690. The van der Waals surface area contributed by atoms with E-state index in [0.29, 0.717) is 17.5 Å². The highest BCUT2D eigenvalue weighted by Gasteiger charge is 2.01. The molecule has 0 fully saturated rings. The molecule has 0 saturated heterocycles.